The van der Waals surface area contributed by atoms with Crippen molar-refractivity contribution in [1.82, 2.24) is 25.0 Å². The number of nitrogens with one attached hydrogen (secondary N) is 1. The minimum atomic E-state index is 0.784. The highest BCUT2D eigenvalue weighted by atomic mass is 32.2. The lowest BCUT2D eigenvalue weighted by molar-refractivity contribution is 0.415. The van der Waals surface area contributed by atoms with Gasteiger partial charge in [-0.25, -0.2) is 9.67 Å². The molecule has 3 rings (SSSR count). The fourth-order valence-corrected chi connectivity index (χ4v) is 3.06. The summed E-state index contributed by atoms with van der Waals surface area (Å²) < 4.78 is 6.93. The molecule has 2 heterocycles. The molecular formula is C14H15N5OS2. The Labute approximate surface area is 137 Å². The zero-order valence-electron chi connectivity index (χ0n) is 11.9. The minimum absolute atomic E-state index is 0.784. The Kier molecular flexibility index (Phi) is 4.69. The van der Waals surface area contributed by atoms with Crippen LogP contribution in [0.3, 0.4) is 0 Å². The number of benzene rings is 1. The maximum atomic E-state index is 5.20. The summed E-state index contributed by atoms with van der Waals surface area (Å²) in [6.07, 6.45) is 3.18. The van der Waals surface area contributed by atoms with Crippen LogP contribution in [0.4, 0.5) is 0 Å². The Bertz CT molecular complexity index is 724. The molecule has 6 nitrogen and oxygen atoms in total. The van der Waals surface area contributed by atoms with E-state index in [2.05, 4.69) is 32.9 Å². The van der Waals surface area contributed by atoms with Crippen LogP contribution >= 0.6 is 24.4 Å². The van der Waals surface area contributed by atoms with E-state index >= 15 is 0 Å². The Balaban J connectivity index is 2.04. The summed E-state index contributed by atoms with van der Waals surface area (Å²) in [7, 11) is 1.65. The molecule has 8 heteroatoms. The molecule has 22 heavy (non-hydrogen) atoms. The first-order valence-electron chi connectivity index (χ1n) is 6.65. The van der Waals surface area contributed by atoms with Gasteiger partial charge >= 0.3 is 0 Å². The molecule has 1 N–H and O–H groups in total. The van der Waals surface area contributed by atoms with E-state index in [1.807, 2.05) is 24.3 Å². The summed E-state index contributed by atoms with van der Waals surface area (Å²) >= 11 is 5.89. The Hall–Kier alpha value is -1.93. The van der Waals surface area contributed by atoms with E-state index < -0.39 is 0 Å². The van der Waals surface area contributed by atoms with Gasteiger partial charge in [0.15, 0.2) is 0 Å². The maximum Gasteiger partial charge on any atom is 0.144 e. The van der Waals surface area contributed by atoms with E-state index in [1.165, 1.54) is 6.33 Å². The first-order chi connectivity index (χ1) is 10.8. The highest BCUT2D eigenvalue weighted by Gasteiger charge is 2.17. The van der Waals surface area contributed by atoms with Crippen LogP contribution in [-0.2, 0) is 0 Å². The van der Waals surface area contributed by atoms with Crippen LogP contribution in [0.1, 0.15) is 0 Å². The second-order valence-corrected chi connectivity index (χ2v) is 5.92. The molecule has 114 valence electrons. The fraction of sp³-hybridized carbons (Fsp3) is 0.214. The molecule has 0 aliphatic carbocycles. The van der Waals surface area contributed by atoms with Gasteiger partial charge in [-0.05, 0) is 30.0 Å². The predicted octanol–water partition coefficient (Wildman–Crippen LogP) is 2.69. The van der Waals surface area contributed by atoms with Crippen molar-refractivity contribution in [1.29, 1.82) is 0 Å². The summed E-state index contributed by atoms with van der Waals surface area (Å²) in [5.74, 6) is 2.47. The lowest BCUT2D eigenvalue weighted by Crippen LogP contribution is -1.97. The average Bonchev–Trinajstić information content (AvgIpc) is 3.22. The van der Waals surface area contributed by atoms with E-state index in [0.29, 0.717) is 0 Å². The van der Waals surface area contributed by atoms with Crippen molar-refractivity contribution in [2.24, 2.45) is 0 Å². The van der Waals surface area contributed by atoms with Crippen LogP contribution in [-0.4, -0.2) is 43.6 Å². The first-order valence-corrected chi connectivity index (χ1v) is 8.26. The van der Waals surface area contributed by atoms with Crippen LogP contribution in [0.2, 0.25) is 0 Å². The highest BCUT2D eigenvalue weighted by molar-refractivity contribution is 8.00. The number of thioether (sulfide) groups is 1. The largest absolute Gasteiger partial charge is 0.497 e. The van der Waals surface area contributed by atoms with Gasteiger partial charge in [0.2, 0.25) is 0 Å². The van der Waals surface area contributed by atoms with E-state index in [4.69, 9.17) is 4.74 Å². The van der Waals surface area contributed by atoms with Crippen molar-refractivity contribution in [2.75, 3.05) is 18.6 Å². The monoisotopic (exact) mass is 333 g/mol. The van der Waals surface area contributed by atoms with Gasteiger partial charge in [0.1, 0.15) is 29.1 Å². The van der Waals surface area contributed by atoms with Crippen molar-refractivity contribution in [3.8, 4) is 22.7 Å². The van der Waals surface area contributed by atoms with Gasteiger partial charge in [-0.15, -0.1) is 11.8 Å². The number of aromatic amines is 1. The average molecular weight is 333 g/mol. The third-order valence-electron chi connectivity index (χ3n) is 3.07. The lowest BCUT2D eigenvalue weighted by Gasteiger charge is -2.06. The van der Waals surface area contributed by atoms with Crippen molar-refractivity contribution in [2.45, 2.75) is 5.03 Å². The number of rotatable bonds is 6. The summed E-state index contributed by atoms with van der Waals surface area (Å²) in [6, 6.07) is 7.81. The first kappa shape index (κ1) is 15.0. The van der Waals surface area contributed by atoms with Crippen LogP contribution in [0.25, 0.3) is 16.9 Å². The molecular weight excluding hydrogens is 318 g/mol. The van der Waals surface area contributed by atoms with Crippen LogP contribution in [0.15, 0.2) is 41.9 Å². The standard InChI is InChI=1S/C14H15N5OS2/c1-20-11-4-2-10(3-5-11)12-13(19-9-15-8-16-19)14(18-17-12)22-7-6-21/h2-5,8-9,21H,6-7H2,1H3,(H,17,18). The molecule has 0 aliphatic rings. The smallest absolute Gasteiger partial charge is 0.144 e. The van der Waals surface area contributed by atoms with Crippen LogP contribution in [0, 0.1) is 0 Å². The van der Waals surface area contributed by atoms with E-state index in [9.17, 15) is 0 Å². The zero-order chi connectivity index (χ0) is 15.4. The van der Waals surface area contributed by atoms with Crippen LogP contribution < -0.4 is 4.74 Å². The van der Waals surface area contributed by atoms with Gasteiger partial charge in [0.25, 0.3) is 0 Å². The number of hydrogen-bond acceptors (Lipinski definition) is 6. The second kappa shape index (κ2) is 6.89. The molecule has 0 atom stereocenters. The number of nitrogens with zero attached hydrogens (tertiary/aromatic N) is 4. The quantitative estimate of drug-likeness (QED) is 0.536. The minimum Gasteiger partial charge on any atom is -0.497 e. The summed E-state index contributed by atoms with van der Waals surface area (Å²) in [5.41, 5.74) is 2.81. The van der Waals surface area contributed by atoms with Gasteiger partial charge in [0, 0.05) is 11.3 Å². The summed E-state index contributed by atoms with van der Waals surface area (Å²) in [4.78, 5) is 4.03. The number of thiol groups is 1. The SMILES string of the molecule is COc1ccc(-c2[nH]nc(SCCS)c2-n2cncn2)cc1. The maximum absolute atomic E-state index is 5.20. The van der Waals surface area contributed by atoms with Crippen LogP contribution in [0.5, 0.6) is 5.75 Å². The number of aromatic nitrogens is 5. The van der Waals surface area contributed by atoms with Crippen molar-refractivity contribution in [3.05, 3.63) is 36.9 Å². The van der Waals surface area contributed by atoms with Crippen molar-refractivity contribution in [3.63, 3.8) is 0 Å². The van der Waals surface area contributed by atoms with Gasteiger partial charge in [-0.3, -0.25) is 5.10 Å². The molecule has 1 aromatic carbocycles. The zero-order valence-corrected chi connectivity index (χ0v) is 13.6. The molecule has 0 saturated carbocycles. The molecule has 2 aromatic heterocycles. The second-order valence-electron chi connectivity index (χ2n) is 4.39. The normalized spacial score (nSPS) is 10.8. The molecule has 0 radical (unpaired) electrons. The molecule has 0 aliphatic heterocycles. The Morgan fingerprint density at radius 2 is 2.14 bits per heavy atom. The molecule has 0 unspecified atom stereocenters. The Morgan fingerprint density at radius 3 is 2.77 bits per heavy atom. The molecule has 0 saturated heterocycles. The molecule has 0 spiro atoms. The Morgan fingerprint density at radius 1 is 1.32 bits per heavy atom. The van der Waals surface area contributed by atoms with Gasteiger partial charge in [0.05, 0.1) is 12.8 Å². The van der Waals surface area contributed by atoms with Gasteiger partial charge < -0.3 is 4.74 Å². The number of hydrogen-bond donors (Lipinski definition) is 2. The third kappa shape index (κ3) is 2.97. The number of methoxy groups -OCH3 is 1. The summed E-state index contributed by atoms with van der Waals surface area (Å²) in [5, 5.41) is 12.6. The van der Waals surface area contributed by atoms with E-state index in [-0.39, 0.29) is 0 Å². The number of ether oxygens (including phenoxy) is 1. The third-order valence-corrected chi connectivity index (χ3v) is 4.56. The topological polar surface area (TPSA) is 68.6 Å². The van der Waals surface area contributed by atoms with Crippen molar-refractivity contribution >= 4 is 24.4 Å². The summed E-state index contributed by atoms with van der Waals surface area (Å²) in [6.45, 7) is 0. The van der Waals surface area contributed by atoms with E-state index in [1.54, 1.807) is 29.9 Å². The molecule has 3 aromatic rings. The van der Waals surface area contributed by atoms with Gasteiger partial charge in [-0.1, -0.05) is 0 Å². The van der Waals surface area contributed by atoms with Gasteiger partial charge in [-0.2, -0.15) is 22.8 Å². The van der Waals surface area contributed by atoms with E-state index in [0.717, 1.165) is 39.2 Å². The van der Waals surface area contributed by atoms with Crippen molar-refractivity contribution < 1.29 is 4.74 Å². The molecule has 0 amide bonds. The highest BCUT2D eigenvalue weighted by Crippen LogP contribution is 2.33. The molecule has 0 fully saturated rings. The fourth-order valence-electron chi connectivity index (χ4n) is 2.06. The predicted molar refractivity (Wildman–Crippen MR) is 90.1 cm³/mol. The lowest BCUT2D eigenvalue weighted by atomic mass is 10.1. The number of H-pyrrole nitrogens is 1. The molecule has 0 bridgehead atoms.